The average molecular weight is 367 g/mol. The molecule has 0 atom stereocenters. The molecule has 0 aliphatic heterocycles. The number of hydrogen-bond donors (Lipinski definition) is 1. The molecule has 0 aliphatic rings. The molecule has 25 heavy (non-hydrogen) atoms. The first-order valence-corrected chi connectivity index (χ1v) is 8.71. The minimum Gasteiger partial charge on any atom is -0.357 e. The van der Waals surface area contributed by atoms with Gasteiger partial charge < -0.3 is 19.3 Å². The van der Waals surface area contributed by atoms with E-state index in [1.165, 1.54) is 0 Å². The summed E-state index contributed by atoms with van der Waals surface area (Å²) in [4.78, 5) is 11.1. The normalized spacial score (nSPS) is 12.5. The number of aliphatic imine (C=N–C) groups is 1. The van der Waals surface area contributed by atoms with Crippen molar-refractivity contribution in [3.05, 3.63) is 34.7 Å². The number of aromatic nitrogens is 3. The Morgan fingerprint density at radius 2 is 2.16 bits per heavy atom. The van der Waals surface area contributed by atoms with E-state index in [4.69, 9.17) is 16.1 Å². The van der Waals surface area contributed by atoms with Crippen molar-refractivity contribution in [3.8, 4) is 0 Å². The molecule has 2 aromatic heterocycles. The van der Waals surface area contributed by atoms with Crippen molar-refractivity contribution in [3.63, 3.8) is 0 Å². The van der Waals surface area contributed by atoms with Gasteiger partial charge in [0.1, 0.15) is 6.54 Å². The zero-order valence-electron chi connectivity index (χ0n) is 15.8. The summed E-state index contributed by atoms with van der Waals surface area (Å²) < 4.78 is 7.32. The fourth-order valence-corrected chi connectivity index (χ4v) is 2.55. The number of aryl methyl sites for hydroxylation is 1. The van der Waals surface area contributed by atoms with Gasteiger partial charge in [-0.2, -0.15) is 4.98 Å². The summed E-state index contributed by atoms with van der Waals surface area (Å²) in [5, 5.41) is 8.03. The van der Waals surface area contributed by atoms with E-state index in [-0.39, 0.29) is 5.41 Å². The Bertz CT molecular complexity index is 728. The molecule has 1 N–H and O–H groups in total. The molecule has 0 fully saturated rings. The molecule has 0 unspecified atom stereocenters. The van der Waals surface area contributed by atoms with Crippen molar-refractivity contribution >= 4 is 17.6 Å². The highest BCUT2D eigenvalue weighted by Crippen LogP contribution is 2.19. The first-order valence-electron chi connectivity index (χ1n) is 8.34. The van der Waals surface area contributed by atoms with E-state index in [0.29, 0.717) is 24.8 Å². The van der Waals surface area contributed by atoms with Gasteiger partial charge >= 0.3 is 0 Å². The maximum absolute atomic E-state index is 6.06. The monoisotopic (exact) mass is 366 g/mol. The summed E-state index contributed by atoms with van der Waals surface area (Å²) in [5.41, 5.74) is 0.940. The number of nitrogens with one attached hydrogen (secondary N) is 1. The molecule has 0 radical (unpaired) electrons. The van der Waals surface area contributed by atoms with Crippen LogP contribution in [0.5, 0.6) is 0 Å². The molecular weight excluding hydrogens is 340 g/mol. The number of guanidine groups is 1. The summed E-state index contributed by atoms with van der Waals surface area (Å²) in [5.74, 6) is 1.98. The van der Waals surface area contributed by atoms with Crippen LogP contribution in [0.25, 0.3) is 0 Å². The second-order valence-corrected chi connectivity index (χ2v) is 7.49. The van der Waals surface area contributed by atoms with Crippen LogP contribution in [0.15, 0.2) is 21.8 Å². The van der Waals surface area contributed by atoms with Crippen LogP contribution < -0.4 is 5.32 Å². The first kappa shape index (κ1) is 19.3. The van der Waals surface area contributed by atoms with Crippen LogP contribution in [0.3, 0.4) is 0 Å². The maximum atomic E-state index is 6.06. The number of hydrogen-bond acceptors (Lipinski definition) is 4. The third-order valence-electron chi connectivity index (χ3n) is 3.65. The van der Waals surface area contributed by atoms with E-state index < -0.39 is 0 Å². The molecular formula is C17H27ClN6O. The fourth-order valence-electron chi connectivity index (χ4n) is 2.28. The predicted octanol–water partition coefficient (Wildman–Crippen LogP) is 2.96. The molecule has 0 saturated carbocycles. The lowest BCUT2D eigenvalue weighted by Crippen LogP contribution is -2.38. The van der Waals surface area contributed by atoms with Crippen molar-refractivity contribution in [2.45, 2.75) is 46.2 Å². The molecule has 2 rings (SSSR count). The predicted molar refractivity (Wildman–Crippen MR) is 99.7 cm³/mol. The molecule has 138 valence electrons. The van der Waals surface area contributed by atoms with Crippen molar-refractivity contribution in [1.82, 2.24) is 24.9 Å². The molecule has 0 bridgehead atoms. The van der Waals surface area contributed by atoms with E-state index in [9.17, 15) is 0 Å². The van der Waals surface area contributed by atoms with Crippen molar-refractivity contribution in [1.29, 1.82) is 0 Å². The molecule has 0 saturated heterocycles. The van der Waals surface area contributed by atoms with Gasteiger partial charge in [-0.15, -0.1) is 0 Å². The van der Waals surface area contributed by atoms with Gasteiger partial charge in [0.2, 0.25) is 5.89 Å². The van der Waals surface area contributed by atoms with E-state index in [1.54, 1.807) is 0 Å². The van der Waals surface area contributed by atoms with Crippen LogP contribution in [-0.2, 0) is 25.6 Å². The largest absolute Gasteiger partial charge is 0.357 e. The van der Waals surface area contributed by atoms with Gasteiger partial charge in [0.15, 0.2) is 11.8 Å². The lowest BCUT2D eigenvalue weighted by atomic mass is 9.97. The Hall–Kier alpha value is -2.02. The second-order valence-electron chi connectivity index (χ2n) is 7.05. The summed E-state index contributed by atoms with van der Waals surface area (Å²) in [7, 11) is 3.96. The van der Waals surface area contributed by atoms with Crippen LogP contribution in [0.4, 0.5) is 0 Å². The molecule has 2 aromatic rings. The smallest absolute Gasteiger partial charge is 0.232 e. The maximum Gasteiger partial charge on any atom is 0.232 e. The van der Waals surface area contributed by atoms with Crippen molar-refractivity contribution in [2.75, 3.05) is 13.6 Å². The van der Waals surface area contributed by atoms with Gasteiger partial charge in [0.05, 0.1) is 11.6 Å². The van der Waals surface area contributed by atoms with Crippen LogP contribution in [0.2, 0.25) is 5.02 Å². The fraction of sp³-hybridized carbons (Fsp3) is 0.588. The average Bonchev–Trinajstić information content (AvgIpc) is 3.10. The highest BCUT2D eigenvalue weighted by atomic mass is 35.5. The van der Waals surface area contributed by atoms with Crippen molar-refractivity contribution in [2.24, 2.45) is 12.0 Å². The summed E-state index contributed by atoms with van der Waals surface area (Å²) in [6, 6.07) is 1.95. The number of nitrogens with zero attached hydrogens (tertiary/aromatic N) is 5. The van der Waals surface area contributed by atoms with E-state index in [2.05, 4.69) is 20.4 Å². The quantitative estimate of drug-likeness (QED) is 0.650. The third-order valence-corrected chi connectivity index (χ3v) is 3.86. The Balaban J connectivity index is 2.09. The van der Waals surface area contributed by atoms with Gasteiger partial charge in [-0.05, 0) is 13.0 Å². The Kier molecular flexibility index (Phi) is 6.11. The first-order chi connectivity index (χ1) is 11.7. The highest BCUT2D eigenvalue weighted by molar-refractivity contribution is 6.30. The van der Waals surface area contributed by atoms with E-state index in [1.807, 2.05) is 63.5 Å². The lowest BCUT2D eigenvalue weighted by Gasteiger charge is -2.22. The van der Waals surface area contributed by atoms with Gasteiger partial charge in [-0.1, -0.05) is 37.5 Å². The lowest BCUT2D eigenvalue weighted by molar-refractivity contribution is 0.318. The van der Waals surface area contributed by atoms with Crippen LogP contribution >= 0.6 is 11.6 Å². The topological polar surface area (TPSA) is 71.5 Å². The highest BCUT2D eigenvalue weighted by Gasteiger charge is 2.21. The van der Waals surface area contributed by atoms with Gasteiger partial charge in [0, 0.05) is 37.9 Å². The Morgan fingerprint density at radius 1 is 1.44 bits per heavy atom. The van der Waals surface area contributed by atoms with Crippen LogP contribution in [0, 0.1) is 0 Å². The zero-order chi connectivity index (χ0) is 18.6. The molecule has 7 nitrogen and oxygen atoms in total. The summed E-state index contributed by atoms with van der Waals surface area (Å²) in [6.07, 6.45) is 1.89. The molecule has 0 amide bonds. The minimum absolute atomic E-state index is 0.165. The number of rotatable bonds is 5. The molecule has 8 heteroatoms. The molecule has 0 aromatic carbocycles. The Morgan fingerprint density at radius 3 is 2.68 bits per heavy atom. The summed E-state index contributed by atoms with van der Waals surface area (Å²) >= 11 is 6.06. The molecule has 0 aliphatic carbocycles. The second kappa shape index (κ2) is 7.91. The van der Waals surface area contributed by atoms with Crippen LogP contribution in [0.1, 0.15) is 45.1 Å². The van der Waals surface area contributed by atoms with E-state index in [0.717, 1.165) is 23.2 Å². The zero-order valence-corrected chi connectivity index (χ0v) is 16.6. The summed E-state index contributed by atoms with van der Waals surface area (Å²) in [6.45, 7) is 9.98. The SMILES string of the molecule is CCNC(=NCc1noc(C(C)(C)C)n1)N(C)Cc1cc(Cl)cn1C. The molecule has 0 spiro atoms. The van der Waals surface area contributed by atoms with Crippen LogP contribution in [-0.4, -0.2) is 39.2 Å². The Labute approximate surface area is 154 Å². The third kappa shape index (κ3) is 5.22. The van der Waals surface area contributed by atoms with Gasteiger partial charge in [-0.25, -0.2) is 4.99 Å². The standard InChI is InChI=1S/C17H27ClN6O/c1-7-19-16(24(6)11-13-8-12(18)10-23(13)5)20-9-14-21-15(25-22-14)17(2,3)4/h8,10H,7,9,11H2,1-6H3,(H,19,20). The van der Waals surface area contributed by atoms with E-state index >= 15 is 0 Å². The van der Waals surface area contributed by atoms with Gasteiger partial charge in [-0.3, -0.25) is 0 Å². The minimum atomic E-state index is -0.165. The number of halogens is 1. The molecule has 2 heterocycles. The van der Waals surface area contributed by atoms with Crippen molar-refractivity contribution < 1.29 is 4.52 Å². The van der Waals surface area contributed by atoms with Gasteiger partial charge in [0.25, 0.3) is 0 Å².